The molecule has 0 radical (unpaired) electrons. The predicted molar refractivity (Wildman–Crippen MR) is 100 cm³/mol. The maximum Gasteiger partial charge on any atom is 0.239 e. The zero-order valence-corrected chi connectivity index (χ0v) is 15.0. The quantitative estimate of drug-likeness (QED) is 0.533. The highest BCUT2D eigenvalue weighted by atomic mass is 32.1. The Morgan fingerprint density at radius 3 is 2.42 bits per heavy atom. The van der Waals surface area contributed by atoms with Gasteiger partial charge in [-0.3, -0.25) is 9.79 Å². The fourth-order valence-corrected chi connectivity index (χ4v) is 3.02. The number of guanidine groups is 1. The van der Waals surface area contributed by atoms with Crippen molar-refractivity contribution in [3.63, 3.8) is 0 Å². The third kappa shape index (κ3) is 6.04. The minimum atomic E-state index is -0.0637. The van der Waals surface area contributed by atoms with Gasteiger partial charge in [0.15, 0.2) is 5.96 Å². The Morgan fingerprint density at radius 2 is 1.75 bits per heavy atom. The van der Waals surface area contributed by atoms with Gasteiger partial charge in [0.05, 0.1) is 13.1 Å². The normalized spacial score (nSPS) is 11.2. The summed E-state index contributed by atoms with van der Waals surface area (Å²) in [5.74, 6) is 0.558. The Hall–Kier alpha value is -2.34. The molecule has 1 aromatic heterocycles. The molecule has 0 aliphatic carbocycles. The summed E-state index contributed by atoms with van der Waals surface area (Å²) >= 11 is 1.79. The molecule has 6 heteroatoms. The number of thiophene rings is 1. The van der Waals surface area contributed by atoms with Crippen LogP contribution in [0.25, 0.3) is 0 Å². The summed E-state index contributed by atoms with van der Waals surface area (Å²) in [4.78, 5) is 18.7. The van der Waals surface area contributed by atoms with E-state index in [4.69, 9.17) is 0 Å². The van der Waals surface area contributed by atoms with Gasteiger partial charge in [-0.05, 0) is 24.1 Å². The van der Waals surface area contributed by atoms with E-state index in [2.05, 4.69) is 40.0 Å². The van der Waals surface area contributed by atoms with Crippen LogP contribution in [0.2, 0.25) is 0 Å². The molecule has 24 heavy (non-hydrogen) atoms. The van der Waals surface area contributed by atoms with Crippen LogP contribution in [0.1, 0.15) is 22.2 Å². The number of carbonyl (C=O) groups is 1. The summed E-state index contributed by atoms with van der Waals surface area (Å²) in [6.45, 7) is 3.58. The van der Waals surface area contributed by atoms with Crippen molar-refractivity contribution in [2.24, 2.45) is 4.99 Å². The van der Waals surface area contributed by atoms with Crippen molar-refractivity contribution < 1.29 is 4.79 Å². The highest BCUT2D eigenvalue weighted by molar-refractivity contribution is 7.11. The molecule has 0 bridgehead atoms. The summed E-state index contributed by atoms with van der Waals surface area (Å²) in [5, 5.41) is 9.13. The van der Waals surface area contributed by atoms with E-state index in [0.717, 1.165) is 12.0 Å². The van der Waals surface area contributed by atoms with E-state index in [0.29, 0.717) is 19.0 Å². The van der Waals surface area contributed by atoms with Crippen molar-refractivity contribution in [1.82, 2.24) is 16.0 Å². The lowest BCUT2D eigenvalue weighted by molar-refractivity contribution is -0.120. The van der Waals surface area contributed by atoms with Crippen LogP contribution in [0.5, 0.6) is 0 Å². The minimum absolute atomic E-state index is 0.0637. The Balaban J connectivity index is 1.69. The van der Waals surface area contributed by atoms with Gasteiger partial charge in [-0.15, -0.1) is 11.3 Å². The highest BCUT2D eigenvalue weighted by Crippen LogP contribution is 2.16. The van der Waals surface area contributed by atoms with E-state index in [1.807, 2.05) is 30.3 Å². The summed E-state index contributed by atoms with van der Waals surface area (Å²) in [5.41, 5.74) is 1.08. The summed E-state index contributed by atoms with van der Waals surface area (Å²) < 4.78 is 0. The number of hydrogen-bond donors (Lipinski definition) is 3. The molecule has 0 saturated heterocycles. The molecule has 0 atom stereocenters. The molecule has 0 spiro atoms. The van der Waals surface area contributed by atoms with Gasteiger partial charge < -0.3 is 16.0 Å². The topological polar surface area (TPSA) is 65.5 Å². The number of aliphatic imine (C=N–C) groups is 1. The zero-order chi connectivity index (χ0) is 17.2. The monoisotopic (exact) mass is 344 g/mol. The van der Waals surface area contributed by atoms with Gasteiger partial charge in [0, 0.05) is 23.3 Å². The van der Waals surface area contributed by atoms with Gasteiger partial charge in [0.1, 0.15) is 0 Å². The van der Waals surface area contributed by atoms with Crippen molar-refractivity contribution in [2.45, 2.75) is 26.4 Å². The predicted octanol–water partition coefficient (Wildman–Crippen LogP) is 2.29. The molecule has 0 saturated carbocycles. The van der Waals surface area contributed by atoms with Gasteiger partial charge in [-0.25, -0.2) is 0 Å². The second kappa shape index (κ2) is 9.72. The summed E-state index contributed by atoms with van der Waals surface area (Å²) in [7, 11) is 1.70. The molecule has 1 amide bonds. The minimum Gasteiger partial charge on any atom is -0.352 e. The average molecular weight is 344 g/mol. The zero-order valence-electron chi connectivity index (χ0n) is 14.1. The SMILES string of the molecule is CCc1ccc(CNC(=NC)NCC(=O)NCc2ccccc2)s1. The molecule has 1 aromatic carbocycles. The number of hydrogen-bond acceptors (Lipinski definition) is 3. The molecular formula is C18H24N4OS. The molecule has 0 fully saturated rings. The number of aryl methyl sites for hydroxylation is 1. The van der Waals surface area contributed by atoms with Crippen molar-refractivity contribution in [3.8, 4) is 0 Å². The maximum atomic E-state index is 11.9. The van der Waals surface area contributed by atoms with Crippen molar-refractivity contribution in [1.29, 1.82) is 0 Å². The van der Waals surface area contributed by atoms with E-state index in [-0.39, 0.29) is 12.5 Å². The fourth-order valence-electron chi connectivity index (χ4n) is 2.12. The van der Waals surface area contributed by atoms with E-state index < -0.39 is 0 Å². The van der Waals surface area contributed by atoms with Gasteiger partial charge in [0.25, 0.3) is 0 Å². The van der Waals surface area contributed by atoms with Crippen molar-refractivity contribution in [3.05, 3.63) is 57.8 Å². The lowest BCUT2D eigenvalue weighted by Gasteiger charge is -2.11. The molecule has 0 aliphatic heterocycles. The molecule has 0 aliphatic rings. The fraction of sp³-hybridized carbons (Fsp3) is 0.333. The first kappa shape index (κ1) is 18.0. The third-order valence-corrected chi connectivity index (χ3v) is 4.70. The van der Waals surface area contributed by atoms with Crippen LogP contribution >= 0.6 is 11.3 Å². The molecule has 5 nitrogen and oxygen atoms in total. The van der Waals surface area contributed by atoms with Crippen LogP contribution in [0.4, 0.5) is 0 Å². The number of amides is 1. The van der Waals surface area contributed by atoms with E-state index >= 15 is 0 Å². The number of rotatable bonds is 7. The highest BCUT2D eigenvalue weighted by Gasteiger charge is 2.04. The van der Waals surface area contributed by atoms with Crippen LogP contribution in [-0.4, -0.2) is 25.5 Å². The van der Waals surface area contributed by atoms with E-state index in [1.54, 1.807) is 18.4 Å². The van der Waals surface area contributed by atoms with E-state index in [1.165, 1.54) is 9.75 Å². The van der Waals surface area contributed by atoms with Gasteiger partial charge in [0.2, 0.25) is 5.91 Å². The first-order valence-electron chi connectivity index (χ1n) is 8.04. The Labute approximate surface area is 147 Å². The van der Waals surface area contributed by atoms with Crippen LogP contribution in [0, 0.1) is 0 Å². The second-order valence-electron chi connectivity index (χ2n) is 5.26. The van der Waals surface area contributed by atoms with E-state index in [9.17, 15) is 4.79 Å². The van der Waals surface area contributed by atoms with Gasteiger partial charge >= 0.3 is 0 Å². The van der Waals surface area contributed by atoms with Crippen LogP contribution in [-0.2, 0) is 24.3 Å². The lowest BCUT2D eigenvalue weighted by Crippen LogP contribution is -2.42. The Morgan fingerprint density at radius 1 is 1.00 bits per heavy atom. The van der Waals surface area contributed by atoms with Crippen LogP contribution in [0.3, 0.4) is 0 Å². The average Bonchev–Trinajstić information content (AvgIpc) is 3.09. The van der Waals surface area contributed by atoms with Gasteiger partial charge in [-0.2, -0.15) is 0 Å². The van der Waals surface area contributed by atoms with Crippen molar-refractivity contribution in [2.75, 3.05) is 13.6 Å². The maximum absolute atomic E-state index is 11.9. The molecule has 1 heterocycles. The lowest BCUT2D eigenvalue weighted by atomic mass is 10.2. The van der Waals surface area contributed by atoms with Gasteiger partial charge in [-0.1, -0.05) is 37.3 Å². The Kier molecular flexibility index (Phi) is 7.29. The number of nitrogens with one attached hydrogen (secondary N) is 3. The number of benzene rings is 1. The number of carbonyl (C=O) groups excluding carboxylic acids is 1. The first-order valence-corrected chi connectivity index (χ1v) is 8.85. The molecule has 128 valence electrons. The standard InChI is InChI=1S/C18H24N4OS/c1-3-15-9-10-16(24-15)12-21-18(19-2)22-13-17(23)20-11-14-7-5-4-6-8-14/h4-10H,3,11-13H2,1-2H3,(H,20,23)(H2,19,21,22). The third-order valence-electron chi connectivity index (χ3n) is 3.47. The molecule has 2 rings (SSSR count). The summed E-state index contributed by atoms with van der Waals surface area (Å²) in [6.07, 6.45) is 1.05. The molecule has 2 aromatic rings. The largest absolute Gasteiger partial charge is 0.352 e. The summed E-state index contributed by atoms with van der Waals surface area (Å²) in [6, 6.07) is 14.1. The first-order chi connectivity index (χ1) is 11.7. The van der Waals surface area contributed by atoms with Crippen molar-refractivity contribution >= 4 is 23.2 Å². The number of nitrogens with zero attached hydrogens (tertiary/aromatic N) is 1. The van der Waals surface area contributed by atoms with Crippen LogP contribution in [0.15, 0.2) is 47.5 Å². The van der Waals surface area contributed by atoms with Crippen LogP contribution < -0.4 is 16.0 Å². The second-order valence-corrected chi connectivity index (χ2v) is 6.52. The smallest absolute Gasteiger partial charge is 0.239 e. The Bertz CT molecular complexity index is 667. The molecule has 0 unspecified atom stereocenters. The molecular weight excluding hydrogens is 320 g/mol. The molecule has 3 N–H and O–H groups in total.